The SMILES string of the molecule is Cc1ccc(S(=O)(=O)N2CCCC2C(=O)Nc2sc3c(c2C(N)=O)CCCC3)cc1. The molecule has 0 radical (unpaired) electrons. The molecule has 0 bridgehead atoms. The number of primary amides is 1. The molecule has 3 N–H and O–H groups in total. The Hall–Kier alpha value is -2.23. The van der Waals surface area contributed by atoms with E-state index in [0.717, 1.165) is 41.7 Å². The van der Waals surface area contributed by atoms with E-state index in [1.807, 2.05) is 6.92 Å². The monoisotopic (exact) mass is 447 g/mol. The molecule has 7 nitrogen and oxygen atoms in total. The maximum Gasteiger partial charge on any atom is 0.251 e. The number of hydrogen-bond acceptors (Lipinski definition) is 5. The summed E-state index contributed by atoms with van der Waals surface area (Å²) in [6, 6.07) is 5.81. The molecule has 0 spiro atoms. The van der Waals surface area contributed by atoms with E-state index in [-0.39, 0.29) is 11.4 Å². The Morgan fingerprint density at radius 2 is 1.83 bits per heavy atom. The quantitative estimate of drug-likeness (QED) is 0.734. The number of nitrogens with zero attached hydrogens (tertiary/aromatic N) is 1. The van der Waals surface area contributed by atoms with Crippen molar-refractivity contribution in [3.63, 3.8) is 0 Å². The molecule has 0 saturated carbocycles. The summed E-state index contributed by atoms with van der Waals surface area (Å²) in [5, 5.41) is 3.27. The van der Waals surface area contributed by atoms with E-state index in [1.165, 1.54) is 15.6 Å². The van der Waals surface area contributed by atoms with E-state index in [4.69, 9.17) is 5.73 Å². The van der Waals surface area contributed by atoms with Crippen LogP contribution in [0.5, 0.6) is 0 Å². The standard InChI is InChI=1S/C21H25N3O4S2/c1-13-8-10-14(11-9-13)30(27,28)24-12-4-6-16(24)20(26)23-21-18(19(22)25)15-5-2-3-7-17(15)29-21/h8-11,16H,2-7,12H2,1H3,(H2,22,25)(H,23,26). The van der Waals surface area contributed by atoms with Gasteiger partial charge in [0.2, 0.25) is 15.9 Å². The van der Waals surface area contributed by atoms with Crippen LogP contribution < -0.4 is 11.1 Å². The van der Waals surface area contributed by atoms with Gasteiger partial charge in [-0.15, -0.1) is 11.3 Å². The smallest absolute Gasteiger partial charge is 0.251 e. The number of hydrogen-bond donors (Lipinski definition) is 2. The van der Waals surface area contributed by atoms with Crippen LogP contribution in [0, 0.1) is 6.92 Å². The first-order chi connectivity index (χ1) is 14.3. The largest absolute Gasteiger partial charge is 0.365 e. The molecule has 1 aliphatic carbocycles. The fourth-order valence-electron chi connectivity index (χ4n) is 4.25. The van der Waals surface area contributed by atoms with Crippen LogP contribution >= 0.6 is 11.3 Å². The molecular formula is C21H25N3O4S2. The average molecular weight is 448 g/mol. The molecule has 2 aromatic rings. The highest BCUT2D eigenvalue weighted by atomic mass is 32.2. The van der Waals surface area contributed by atoms with Crippen LogP contribution in [0.25, 0.3) is 0 Å². The number of sulfonamides is 1. The third-order valence-electron chi connectivity index (χ3n) is 5.79. The van der Waals surface area contributed by atoms with Gasteiger partial charge >= 0.3 is 0 Å². The highest BCUT2D eigenvalue weighted by Gasteiger charge is 2.40. The molecule has 1 aliphatic heterocycles. The van der Waals surface area contributed by atoms with E-state index >= 15 is 0 Å². The van der Waals surface area contributed by atoms with E-state index in [9.17, 15) is 18.0 Å². The zero-order chi connectivity index (χ0) is 21.5. The van der Waals surface area contributed by atoms with Crippen molar-refractivity contribution in [3.05, 3.63) is 45.8 Å². The number of anilines is 1. The minimum atomic E-state index is -3.79. The molecular weight excluding hydrogens is 422 g/mol. The second-order valence-electron chi connectivity index (χ2n) is 7.86. The Morgan fingerprint density at radius 3 is 2.53 bits per heavy atom. The summed E-state index contributed by atoms with van der Waals surface area (Å²) in [5.74, 6) is -0.968. The lowest BCUT2D eigenvalue weighted by molar-refractivity contribution is -0.119. The average Bonchev–Trinajstić information content (AvgIpc) is 3.33. The minimum absolute atomic E-state index is 0.178. The van der Waals surface area contributed by atoms with E-state index in [0.29, 0.717) is 23.4 Å². The van der Waals surface area contributed by atoms with Crippen molar-refractivity contribution in [2.45, 2.75) is 56.4 Å². The summed E-state index contributed by atoms with van der Waals surface area (Å²) >= 11 is 1.38. The summed E-state index contributed by atoms with van der Waals surface area (Å²) < 4.78 is 27.5. The van der Waals surface area contributed by atoms with Crippen LogP contribution in [0.2, 0.25) is 0 Å². The molecule has 1 unspecified atom stereocenters. The number of nitrogens with one attached hydrogen (secondary N) is 1. The minimum Gasteiger partial charge on any atom is -0.365 e. The molecule has 2 aliphatic rings. The number of carbonyl (C=O) groups excluding carboxylic acids is 2. The third-order valence-corrected chi connectivity index (χ3v) is 8.92. The Labute approximate surface area is 180 Å². The second-order valence-corrected chi connectivity index (χ2v) is 10.9. The van der Waals surface area contributed by atoms with Gasteiger partial charge in [0, 0.05) is 11.4 Å². The third kappa shape index (κ3) is 3.77. The van der Waals surface area contributed by atoms with Crippen LogP contribution in [0.1, 0.15) is 52.0 Å². The molecule has 2 heterocycles. The number of amides is 2. The Bertz CT molecular complexity index is 1090. The Kier molecular flexibility index (Phi) is 5.69. The predicted molar refractivity (Wildman–Crippen MR) is 116 cm³/mol. The summed E-state index contributed by atoms with van der Waals surface area (Å²) in [6.07, 6.45) is 4.72. The Balaban J connectivity index is 1.60. The van der Waals surface area contributed by atoms with Gasteiger partial charge in [-0.2, -0.15) is 4.31 Å². The molecule has 1 fully saturated rings. The number of carbonyl (C=O) groups is 2. The van der Waals surface area contributed by atoms with Gasteiger partial charge < -0.3 is 11.1 Å². The second kappa shape index (κ2) is 8.13. The number of benzene rings is 1. The van der Waals surface area contributed by atoms with Gasteiger partial charge in [-0.05, 0) is 63.1 Å². The summed E-state index contributed by atoms with van der Waals surface area (Å²) in [6.45, 7) is 2.18. The fraction of sp³-hybridized carbons (Fsp3) is 0.429. The van der Waals surface area contributed by atoms with Crippen molar-refractivity contribution in [1.82, 2.24) is 4.31 Å². The van der Waals surface area contributed by atoms with Crippen LogP contribution in [0.3, 0.4) is 0 Å². The zero-order valence-corrected chi connectivity index (χ0v) is 18.4. The topological polar surface area (TPSA) is 110 Å². The maximum atomic E-state index is 13.1. The number of thiophene rings is 1. The van der Waals surface area contributed by atoms with Gasteiger partial charge in [0.15, 0.2) is 0 Å². The van der Waals surface area contributed by atoms with Crippen molar-refractivity contribution in [2.24, 2.45) is 5.73 Å². The van der Waals surface area contributed by atoms with Crippen LogP contribution in [-0.4, -0.2) is 37.1 Å². The van der Waals surface area contributed by atoms with Crippen LogP contribution in [0.15, 0.2) is 29.2 Å². The highest BCUT2D eigenvalue weighted by Crippen LogP contribution is 2.38. The fourth-order valence-corrected chi connectivity index (χ4v) is 7.20. The molecule has 1 aromatic carbocycles. The normalized spacial score (nSPS) is 19.4. The van der Waals surface area contributed by atoms with Crippen molar-refractivity contribution in [3.8, 4) is 0 Å². The number of rotatable bonds is 5. The number of nitrogens with two attached hydrogens (primary N) is 1. The summed E-state index contributed by atoms with van der Waals surface area (Å²) in [7, 11) is -3.79. The van der Waals surface area contributed by atoms with Crippen LogP contribution in [0.4, 0.5) is 5.00 Å². The van der Waals surface area contributed by atoms with E-state index in [2.05, 4.69) is 5.32 Å². The van der Waals surface area contributed by atoms with Gasteiger partial charge in [0.05, 0.1) is 10.5 Å². The highest BCUT2D eigenvalue weighted by molar-refractivity contribution is 7.89. The maximum absolute atomic E-state index is 13.1. The van der Waals surface area contributed by atoms with Crippen molar-refractivity contribution < 1.29 is 18.0 Å². The van der Waals surface area contributed by atoms with Crippen molar-refractivity contribution >= 4 is 38.2 Å². The van der Waals surface area contributed by atoms with Gasteiger partial charge in [-0.25, -0.2) is 8.42 Å². The molecule has 2 amide bonds. The molecule has 1 atom stereocenters. The molecule has 4 rings (SSSR count). The van der Waals surface area contributed by atoms with Gasteiger partial charge in [0.25, 0.3) is 5.91 Å². The van der Waals surface area contributed by atoms with Crippen LogP contribution in [-0.2, 0) is 27.7 Å². The van der Waals surface area contributed by atoms with Gasteiger partial charge in [-0.1, -0.05) is 17.7 Å². The lowest BCUT2D eigenvalue weighted by Gasteiger charge is -2.23. The molecule has 160 valence electrons. The van der Waals surface area contributed by atoms with E-state index in [1.54, 1.807) is 24.3 Å². The summed E-state index contributed by atoms with van der Waals surface area (Å²) in [4.78, 5) is 26.4. The van der Waals surface area contributed by atoms with E-state index < -0.39 is 27.9 Å². The lowest BCUT2D eigenvalue weighted by atomic mass is 9.95. The molecule has 1 aromatic heterocycles. The first-order valence-corrected chi connectivity index (χ1v) is 12.4. The number of aryl methyl sites for hydroxylation is 2. The molecule has 1 saturated heterocycles. The molecule has 30 heavy (non-hydrogen) atoms. The molecule has 9 heteroatoms. The zero-order valence-electron chi connectivity index (χ0n) is 16.8. The van der Waals surface area contributed by atoms with Gasteiger partial charge in [-0.3, -0.25) is 9.59 Å². The Morgan fingerprint density at radius 1 is 1.13 bits per heavy atom. The van der Waals surface area contributed by atoms with Gasteiger partial charge in [0.1, 0.15) is 11.0 Å². The van der Waals surface area contributed by atoms with Crippen molar-refractivity contribution in [1.29, 1.82) is 0 Å². The predicted octanol–water partition coefficient (Wildman–Crippen LogP) is 2.83. The van der Waals surface area contributed by atoms with Crippen molar-refractivity contribution in [2.75, 3.05) is 11.9 Å². The first kappa shape index (κ1) is 21.0. The number of fused-ring (bicyclic) bond motifs is 1. The first-order valence-electron chi connectivity index (χ1n) is 10.1. The summed E-state index contributed by atoms with van der Waals surface area (Å²) in [5.41, 5.74) is 7.89. The lowest BCUT2D eigenvalue weighted by Crippen LogP contribution is -2.43.